The Morgan fingerprint density at radius 1 is 1.44 bits per heavy atom. The summed E-state index contributed by atoms with van der Waals surface area (Å²) in [6.07, 6.45) is 5.50. The third kappa shape index (κ3) is 1.90. The molecule has 0 bridgehead atoms. The first-order chi connectivity index (χ1) is 8.65. The van der Waals surface area contributed by atoms with Crippen LogP contribution in [0.1, 0.15) is 30.9 Å². The summed E-state index contributed by atoms with van der Waals surface area (Å²) in [7, 11) is 0. The van der Waals surface area contributed by atoms with Gasteiger partial charge in [-0.2, -0.15) is 5.10 Å². The van der Waals surface area contributed by atoms with E-state index in [1.165, 1.54) is 4.57 Å². The zero-order valence-corrected chi connectivity index (χ0v) is 9.74. The van der Waals surface area contributed by atoms with Crippen molar-refractivity contribution < 1.29 is 9.90 Å². The van der Waals surface area contributed by atoms with Crippen molar-refractivity contribution in [3.05, 3.63) is 34.5 Å². The van der Waals surface area contributed by atoms with Crippen LogP contribution in [0.25, 0.3) is 5.52 Å². The molecule has 0 aromatic carbocycles. The van der Waals surface area contributed by atoms with Crippen LogP contribution in [0.5, 0.6) is 0 Å². The molecular formula is C12H13N3O3. The molecule has 1 N–H and O–H groups in total. The number of nitrogens with zero attached hydrogens (tertiary/aromatic N) is 3. The van der Waals surface area contributed by atoms with E-state index < -0.39 is 5.97 Å². The van der Waals surface area contributed by atoms with Gasteiger partial charge in [0.15, 0.2) is 0 Å². The highest BCUT2D eigenvalue weighted by Crippen LogP contribution is 2.39. The van der Waals surface area contributed by atoms with Crippen molar-refractivity contribution in [2.75, 3.05) is 0 Å². The molecule has 1 aliphatic carbocycles. The molecule has 94 valence electrons. The SMILES string of the molecule is O=C(O)CCn1ccn2nc(C3CC3)cc2c1=O. The maximum Gasteiger partial charge on any atom is 0.305 e. The van der Waals surface area contributed by atoms with E-state index in [1.54, 1.807) is 16.9 Å². The second-order valence-electron chi connectivity index (χ2n) is 4.61. The lowest BCUT2D eigenvalue weighted by Crippen LogP contribution is -2.22. The molecule has 0 amide bonds. The molecule has 1 aliphatic rings. The number of rotatable bonds is 4. The first-order valence-corrected chi connectivity index (χ1v) is 5.95. The quantitative estimate of drug-likeness (QED) is 0.868. The fraction of sp³-hybridized carbons (Fsp3) is 0.417. The highest BCUT2D eigenvalue weighted by atomic mass is 16.4. The fourth-order valence-electron chi connectivity index (χ4n) is 2.02. The molecule has 0 radical (unpaired) electrons. The molecule has 2 heterocycles. The van der Waals surface area contributed by atoms with Crippen LogP contribution in [0.15, 0.2) is 23.3 Å². The van der Waals surface area contributed by atoms with Crippen molar-refractivity contribution in [3.8, 4) is 0 Å². The smallest absolute Gasteiger partial charge is 0.305 e. The van der Waals surface area contributed by atoms with Crippen LogP contribution in [-0.4, -0.2) is 25.3 Å². The van der Waals surface area contributed by atoms with Crippen LogP contribution in [0.2, 0.25) is 0 Å². The van der Waals surface area contributed by atoms with Gasteiger partial charge in [0, 0.05) is 24.9 Å². The predicted octanol–water partition coefficient (Wildman–Crippen LogP) is 0.848. The third-order valence-electron chi connectivity index (χ3n) is 3.18. The van der Waals surface area contributed by atoms with Crippen molar-refractivity contribution in [1.82, 2.24) is 14.2 Å². The molecule has 6 heteroatoms. The maximum absolute atomic E-state index is 12.1. The molecular weight excluding hydrogens is 234 g/mol. The van der Waals surface area contributed by atoms with Crippen LogP contribution in [-0.2, 0) is 11.3 Å². The van der Waals surface area contributed by atoms with Crippen molar-refractivity contribution in [1.29, 1.82) is 0 Å². The highest BCUT2D eigenvalue weighted by Gasteiger charge is 2.26. The maximum atomic E-state index is 12.1. The zero-order valence-electron chi connectivity index (χ0n) is 9.74. The van der Waals surface area contributed by atoms with Gasteiger partial charge in [-0.1, -0.05) is 0 Å². The summed E-state index contributed by atoms with van der Waals surface area (Å²) in [4.78, 5) is 22.6. The van der Waals surface area contributed by atoms with E-state index in [0.717, 1.165) is 18.5 Å². The average Bonchev–Trinajstić information content (AvgIpc) is 3.08. The Labute approximate surface area is 102 Å². The van der Waals surface area contributed by atoms with Gasteiger partial charge in [-0.15, -0.1) is 0 Å². The largest absolute Gasteiger partial charge is 0.481 e. The van der Waals surface area contributed by atoms with Crippen LogP contribution in [0, 0.1) is 0 Å². The summed E-state index contributed by atoms with van der Waals surface area (Å²) in [5.41, 5.74) is 1.30. The van der Waals surface area contributed by atoms with Crippen LogP contribution >= 0.6 is 0 Å². The highest BCUT2D eigenvalue weighted by molar-refractivity contribution is 5.66. The molecule has 1 saturated carbocycles. The van der Waals surface area contributed by atoms with E-state index in [-0.39, 0.29) is 18.5 Å². The molecule has 1 fully saturated rings. The molecule has 3 rings (SSSR count). The van der Waals surface area contributed by atoms with Crippen molar-refractivity contribution >= 4 is 11.5 Å². The van der Waals surface area contributed by atoms with Gasteiger partial charge in [0.1, 0.15) is 5.52 Å². The number of carboxylic acid groups (broad SMARTS) is 1. The number of aliphatic carboxylic acids is 1. The van der Waals surface area contributed by atoms with Gasteiger partial charge in [-0.05, 0) is 18.9 Å². The lowest BCUT2D eigenvalue weighted by atomic mass is 10.3. The Hall–Kier alpha value is -2.11. The topological polar surface area (TPSA) is 76.6 Å². The number of carboxylic acids is 1. The minimum Gasteiger partial charge on any atom is -0.481 e. The molecule has 6 nitrogen and oxygen atoms in total. The Bertz CT molecular complexity index is 667. The molecule has 0 atom stereocenters. The number of aromatic nitrogens is 3. The van der Waals surface area contributed by atoms with E-state index in [1.807, 2.05) is 6.07 Å². The van der Waals surface area contributed by atoms with E-state index in [4.69, 9.17) is 5.11 Å². The van der Waals surface area contributed by atoms with Crippen molar-refractivity contribution in [3.63, 3.8) is 0 Å². The van der Waals surface area contributed by atoms with Gasteiger partial charge in [0.05, 0.1) is 12.1 Å². The lowest BCUT2D eigenvalue weighted by Gasteiger charge is -2.03. The second kappa shape index (κ2) is 3.97. The molecule has 0 spiro atoms. The number of hydrogen-bond acceptors (Lipinski definition) is 3. The predicted molar refractivity (Wildman–Crippen MR) is 63.7 cm³/mol. The van der Waals surface area contributed by atoms with E-state index in [2.05, 4.69) is 5.10 Å². The normalized spacial score (nSPS) is 15.1. The molecule has 0 aliphatic heterocycles. The minimum atomic E-state index is -0.908. The van der Waals surface area contributed by atoms with E-state index in [9.17, 15) is 9.59 Å². The fourth-order valence-corrected chi connectivity index (χ4v) is 2.02. The standard InChI is InChI=1S/C12H13N3O3/c16-11(17)3-4-14-5-6-15-10(12(14)18)7-9(13-15)8-1-2-8/h5-8H,1-4H2,(H,16,17). The number of carbonyl (C=O) groups is 1. The summed E-state index contributed by atoms with van der Waals surface area (Å²) in [5.74, 6) is -0.411. The Kier molecular flexibility index (Phi) is 2.43. The van der Waals surface area contributed by atoms with Crippen molar-refractivity contribution in [2.24, 2.45) is 0 Å². The Morgan fingerprint density at radius 2 is 2.22 bits per heavy atom. The number of aryl methyl sites for hydroxylation is 1. The van der Waals surface area contributed by atoms with Crippen LogP contribution in [0.4, 0.5) is 0 Å². The summed E-state index contributed by atoms with van der Waals surface area (Å²) >= 11 is 0. The molecule has 0 unspecified atom stereocenters. The van der Waals surface area contributed by atoms with Crippen LogP contribution < -0.4 is 5.56 Å². The summed E-state index contributed by atoms with van der Waals surface area (Å²) < 4.78 is 3.00. The summed E-state index contributed by atoms with van der Waals surface area (Å²) in [6, 6.07) is 1.82. The third-order valence-corrected chi connectivity index (χ3v) is 3.18. The van der Waals surface area contributed by atoms with Gasteiger partial charge < -0.3 is 9.67 Å². The van der Waals surface area contributed by atoms with Crippen LogP contribution in [0.3, 0.4) is 0 Å². The van der Waals surface area contributed by atoms with Gasteiger partial charge in [-0.3, -0.25) is 9.59 Å². The summed E-state index contributed by atoms with van der Waals surface area (Å²) in [5, 5.41) is 13.0. The second-order valence-corrected chi connectivity index (χ2v) is 4.61. The Morgan fingerprint density at radius 3 is 2.89 bits per heavy atom. The molecule has 2 aromatic rings. The monoisotopic (exact) mass is 247 g/mol. The van der Waals surface area contributed by atoms with Gasteiger partial charge in [0.2, 0.25) is 0 Å². The van der Waals surface area contributed by atoms with Crippen molar-refractivity contribution in [2.45, 2.75) is 31.7 Å². The van der Waals surface area contributed by atoms with E-state index >= 15 is 0 Å². The van der Waals surface area contributed by atoms with Gasteiger partial charge in [-0.25, -0.2) is 4.52 Å². The molecule has 0 saturated heterocycles. The number of hydrogen-bond donors (Lipinski definition) is 1. The first kappa shape index (κ1) is 11.0. The average molecular weight is 247 g/mol. The minimum absolute atomic E-state index is 0.0559. The lowest BCUT2D eigenvalue weighted by molar-refractivity contribution is -0.137. The number of fused-ring (bicyclic) bond motifs is 1. The van der Waals surface area contributed by atoms with Gasteiger partial charge in [0.25, 0.3) is 5.56 Å². The van der Waals surface area contributed by atoms with Gasteiger partial charge >= 0.3 is 5.97 Å². The molecule has 2 aromatic heterocycles. The molecule has 18 heavy (non-hydrogen) atoms. The first-order valence-electron chi connectivity index (χ1n) is 5.95. The zero-order chi connectivity index (χ0) is 12.7. The summed E-state index contributed by atoms with van der Waals surface area (Å²) in [6.45, 7) is 0.189. The van der Waals surface area contributed by atoms with E-state index in [0.29, 0.717) is 11.4 Å². The Balaban J connectivity index is 1.99.